The van der Waals surface area contributed by atoms with E-state index in [0.29, 0.717) is 19.5 Å². The molecule has 0 saturated heterocycles. The van der Waals surface area contributed by atoms with Crippen molar-refractivity contribution in [3.8, 4) is 0 Å². The number of carbonyl (C=O) groups is 2. The predicted molar refractivity (Wildman–Crippen MR) is 96.7 cm³/mol. The molecule has 2 aromatic rings. The molecule has 2 amide bonds. The second-order valence-electron chi connectivity index (χ2n) is 6.38. The van der Waals surface area contributed by atoms with Crippen molar-refractivity contribution in [2.45, 2.75) is 25.4 Å². The van der Waals surface area contributed by atoms with Crippen LogP contribution in [-0.4, -0.2) is 35.8 Å². The molecule has 1 atom stereocenters. The Morgan fingerprint density at radius 2 is 1.72 bits per heavy atom. The molecule has 1 heterocycles. The number of benzene rings is 2. The molecule has 25 heavy (non-hydrogen) atoms. The quantitative estimate of drug-likeness (QED) is 0.833. The van der Waals surface area contributed by atoms with E-state index < -0.39 is 6.04 Å². The first-order valence-corrected chi connectivity index (χ1v) is 8.54. The zero-order valence-corrected chi connectivity index (χ0v) is 14.2. The lowest BCUT2D eigenvalue weighted by Gasteiger charge is -2.34. The Kier molecular flexibility index (Phi) is 5.46. The number of fused-ring (bicyclic) bond motifs is 1. The van der Waals surface area contributed by atoms with E-state index in [1.807, 2.05) is 59.5 Å². The zero-order chi connectivity index (χ0) is 17.6. The highest BCUT2D eigenvalue weighted by atomic mass is 16.2. The minimum absolute atomic E-state index is 0.0819. The van der Waals surface area contributed by atoms with Crippen molar-refractivity contribution in [3.05, 3.63) is 71.3 Å². The van der Waals surface area contributed by atoms with E-state index in [1.54, 1.807) is 0 Å². The third kappa shape index (κ3) is 4.45. The van der Waals surface area contributed by atoms with E-state index in [9.17, 15) is 9.59 Å². The molecule has 0 radical (unpaired) electrons. The maximum absolute atomic E-state index is 12.3. The Balaban J connectivity index is 1.56. The fraction of sp³-hybridized carbons (Fsp3) is 0.300. The molecule has 1 aliphatic rings. The summed E-state index contributed by atoms with van der Waals surface area (Å²) in [4.78, 5) is 25.9. The van der Waals surface area contributed by atoms with Crippen LogP contribution in [0.15, 0.2) is 54.6 Å². The molecule has 0 bridgehead atoms. The van der Waals surface area contributed by atoms with Gasteiger partial charge in [0, 0.05) is 13.1 Å². The van der Waals surface area contributed by atoms with Gasteiger partial charge in [0.25, 0.3) is 0 Å². The summed E-state index contributed by atoms with van der Waals surface area (Å²) in [6, 6.07) is 17.6. The molecular weight excluding hydrogens is 314 g/mol. The number of hydrogen-bond acceptors (Lipinski definition) is 3. The standard InChI is InChI=1S/C20H23N3O2/c21-20(25)18-12-16-8-4-5-9-17(16)13-23(18)14-19(24)22-11-10-15-6-2-1-3-7-15/h1-9,18H,10-14H2,(H2,21,25)(H,22,24)/t18-/m0/s1. The number of nitrogens with two attached hydrogens (primary N) is 1. The molecule has 1 aliphatic heterocycles. The predicted octanol–water partition coefficient (Wildman–Crippen LogP) is 1.26. The summed E-state index contributed by atoms with van der Waals surface area (Å²) in [5.41, 5.74) is 9.02. The summed E-state index contributed by atoms with van der Waals surface area (Å²) in [6.07, 6.45) is 1.34. The van der Waals surface area contributed by atoms with Gasteiger partial charge in [-0.25, -0.2) is 0 Å². The molecule has 0 aromatic heterocycles. The van der Waals surface area contributed by atoms with Crippen molar-refractivity contribution in [3.63, 3.8) is 0 Å². The SMILES string of the molecule is NC(=O)[C@@H]1Cc2ccccc2CN1CC(=O)NCCc1ccccc1. The lowest BCUT2D eigenvalue weighted by atomic mass is 9.93. The van der Waals surface area contributed by atoms with Crippen molar-refractivity contribution < 1.29 is 9.59 Å². The zero-order valence-electron chi connectivity index (χ0n) is 14.2. The van der Waals surface area contributed by atoms with E-state index in [4.69, 9.17) is 5.73 Å². The third-order valence-electron chi connectivity index (χ3n) is 4.60. The van der Waals surface area contributed by atoms with Gasteiger partial charge >= 0.3 is 0 Å². The molecule has 130 valence electrons. The molecule has 0 aliphatic carbocycles. The van der Waals surface area contributed by atoms with Gasteiger partial charge in [-0.2, -0.15) is 0 Å². The minimum atomic E-state index is -0.435. The van der Waals surface area contributed by atoms with Gasteiger partial charge in [-0.15, -0.1) is 0 Å². The van der Waals surface area contributed by atoms with Crippen LogP contribution >= 0.6 is 0 Å². The summed E-state index contributed by atoms with van der Waals surface area (Å²) >= 11 is 0. The van der Waals surface area contributed by atoms with Crippen LogP contribution in [0.25, 0.3) is 0 Å². The average Bonchev–Trinajstić information content (AvgIpc) is 2.62. The molecule has 0 spiro atoms. The lowest BCUT2D eigenvalue weighted by Crippen LogP contribution is -2.51. The largest absolute Gasteiger partial charge is 0.368 e. The fourth-order valence-corrected chi connectivity index (χ4v) is 3.26. The second-order valence-corrected chi connectivity index (χ2v) is 6.38. The van der Waals surface area contributed by atoms with Crippen LogP contribution in [0.5, 0.6) is 0 Å². The van der Waals surface area contributed by atoms with E-state index in [1.165, 1.54) is 5.56 Å². The van der Waals surface area contributed by atoms with Crippen molar-refractivity contribution in [2.75, 3.05) is 13.1 Å². The van der Waals surface area contributed by atoms with Crippen molar-refractivity contribution in [1.82, 2.24) is 10.2 Å². The summed E-state index contributed by atoms with van der Waals surface area (Å²) in [7, 11) is 0. The monoisotopic (exact) mass is 337 g/mol. The lowest BCUT2D eigenvalue weighted by molar-refractivity contribution is -0.127. The first-order chi connectivity index (χ1) is 12.1. The first-order valence-electron chi connectivity index (χ1n) is 8.54. The van der Waals surface area contributed by atoms with Crippen LogP contribution in [0.4, 0.5) is 0 Å². The highest BCUT2D eigenvalue weighted by molar-refractivity contribution is 5.83. The molecule has 5 heteroatoms. The smallest absolute Gasteiger partial charge is 0.235 e. The van der Waals surface area contributed by atoms with E-state index in [2.05, 4.69) is 5.32 Å². The second kappa shape index (κ2) is 7.94. The summed E-state index contributed by atoms with van der Waals surface area (Å²) in [5, 5.41) is 2.93. The van der Waals surface area contributed by atoms with Gasteiger partial charge in [-0.05, 0) is 29.5 Å². The number of nitrogens with one attached hydrogen (secondary N) is 1. The maximum Gasteiger partial charge on any atom is 0.235 e. The van der Waals surface area contributed by atoms with Crippen LogP contribution in [-0.2, 0) is 29.0 Å². The van der Waals surface area contributed by atoms with Crippen LogP contribution in [0.1, 0.15) is 16.7 Å². The molecule has 0 saturated carbocycles. The summed E-state index contributed by atoms with van der Waals surface area (Å²) < 4.78 is 0. The van der Waals surface area contributed by atoms with Gasteiger partial charge in [0.15, 0.2) is 0 Å². The molecule has 3 rings (SSSR count). The Hall–Kier alpha value is -2.66. The molecule has 2 aromatic carbocycles. The fourth-order valence-electron chi connectivity index (χ4n) is 3.26. The van der Waals surface area contributed by atoms with Gasteiger partial charge in [0.05, 0.1) is 12.6 Å². The number of nitrogens with zero attached hydrogens (tertiary/aromatic N) is 1. The molecule has 5 nitrogen and oxygen atoms in total. The average molecular weight is 337 g/mol. The van der Waals surface area contributed by atoms with Crippen molar-refractivity contribution >= 4 is 11.8 Å². The first kappa shape index (κ1) is 17.2. The number of amides is 2. The molecule has 0 unspecified atom stereocenters. The van der Waals surface area contributed by atoms with Crippen molar-refractivity contribution in [2.24, 2.45) is 5.73 Å². The highest BCUT2D eigenvalue weighted by Crippen LogP contribution is 2.22. The van der Waals surface area contributed by atoms with Crippen molar-refractivity contribution in [1.29, 1.82) is 0 Å². The number of primary amides is 1. The number of carbonyl (C=O) groups excluding carboxylic acids is 2. The van der Waals surface area contributed by atoms with E-state index in [-0.39, 0.29) is 18.4 Å². The Morgan fingerprint density at radius 1 is 1.04 bits per heavy atom. The van der Waals surface area contributed by atoms with E-state index >= 15 is 0 Å². The Morgan fingerprint density at radius 3 is 2.44 bits per heavy atom. The van der Waals surface area contributed by atoms with Gasteiger partial charge in [0.1, 0.15) is 0 Å². The van der Waals surface area contributed by atoms with Crippen LogP contribution in [0.3, 0.4) is 0 Å². The topological polar surface area (TPSA) is 75.4 Å². The third-order valence-corrected chi connectivity index (χ3v) is 4.60. The molecular formula is C20H23N3O2. The maximum atomic E-state index is 12.3. The van der Waals surface area contributed by atoms with Gasteiger partial charge in [0.2, 0.25) is 11.8 Å². The van der Waals surface area contributed by atoms with Gasteiger partial charge in [-0.1, -0.05) is 54.6 Å². The Bertz CT molecular complexity index is 746. The number of rotatable bonds is 6. The molecule has 0 fully saturated rings. The van der Waals surface area contributed by atoms with Crippen LogP contribution < -0.4 is 11.1 Å². The van der Waals surface area contributed by atoms with Crippen LogP contribution in [0.2, 0.25) is 0 Å². The molecule has 3 N–H and O–H groups in total. The highest BCUT2D eigenvalue weighted by Gasteiger charge is 2.30. The number of hydrogen-bond donors (Lipinski definition) is 2. The van der Waals surface area contributed by atoms with Gasteiger partial charge < -0.3 is 11.1 Å². The Labute approximate surface area is 147 Å². The normalized spacial score (nSPS) is 16.9. The summed E-state index contributed by atoms with van der Waals surface area (Å²) in [6.45, 7) is 1.32. The van der Waals surface area contributed by atoms with E-state index in [0.717, 1.165) is 17.5 Å². The van der Waals surface area contributed by atoms with Crippen LogP contribution in [0, 0.1) is 0 Å². The summed E-state index contributed by atoms with van der Waals surface area (Å²) in [5.74, 6) is -0.465. The minimum Gasteiger partial charge on any atom is -0.368 e. The van der Waals surface area contributed by atoms with Gasteiger partial charge in [-0.3, -0.25) is 14.5 Å².